The molecule has 2 aliphatic heterocycles. The maximum Gasteiger partial charge on any atom is 0.257 e. The number of nitrogens with zero attached hydrogens (tertiary/aromatic N) is 4. The van der Waals surface area contributed by atoms with E-state index in [4.69, 9.17) is 26.7 Å². The minimum Gasteiger partial charge on any atom is -0.376 e. The van der Waals surface area contributed by atoms with E-state index in [2.05, 4.69) is 11.4 Å². The normalized spacial score (nSPS) is 19.8. The van der Waals surface area contributed by atoms with Crippen molar-refractivity contribution >= 4 is 23.2 Å². The topological polar surface area (TPSA) is 83.2 Å². The van der Waals surface area contributed by atoms with Gasteiger partial charge < -0.3 is 15.0 Å². The van der Waals surface area contributed by atoms with Crippen LogP contribution in [0.3, 0.4) is 0 Å². The predicted octanol–water partition coefficient (Wildman–Crippen LogP) is 4.86. The Labute approximate surface area is 197 Å². The van der Waals surface area contributed by atoms with Crippen molar-refractivity contribution in [2.75, 3.05) is 18.5 Å². The maximum atomic E-state index is 13.6. The lowest BCUT2D eigenvalue weighted by molar-refractivity contribution is 0.0427. The Kier molecular flexibility index (Phi) is 6.03. The average Bonchev–Trinajstić information content (AvgIpc) is 3.50. The summed E-state index contributed by atoms with van der Waals surface area (Å²) in [5, 5.41) is 18.1. The molecule has 3 aromatic rings. The molecule has 168 valence electrons. The third kappa shape index (κ3) is 4.32. The molecule has 2 aromatic carbocycles. The van der Waals surface area contributed by atoms with Crippen molar-refractivity contribution in [3.63, 3.8) is 0 Å². The van der Waals surface area contributed by atoms with E-state index in [0.29, 0.717) is 30.1 Å². The van der Waals surface area contributed by atoms with Gasteiger partial charge in [0.1, 0.15) is 6.17 Å². The lowest BCUT2D eigenvalue weighted by Gasteiger charge is -2.39. The van der Waals surface area contributed by atoms with E-state index in [9.17, 15) is 4.79 Å². The van der Waals surface area contributed by atoms with Crippen LogP contribution in [0.25, 0.3) is 11.3 Å². The number of ether oxygens (including phenoxy) is 1. The maximum absolute atomic E-state index is 13.6. The summed E-state index contributed by atoms with van der Waals surface area (Å²) >= 11 is 6.11. The zero-order valence-electron chi connectivity index (χ0n) is 18.1. The fraction of sp³-hybridized carbons (Fsp3) is 0.320. The van der Waals surface area contributed by atoms with Gasteiger partial charge in [0.2, 0.25) is 0 Å². The minimum atomic E-state index is -0.418. The first-order valence-corrected chi connectivity index (χ1v) is 11.5. The average molecular weight is 462 g/mol. The van der Waals surface area contributed by atoms with E-state index in [1.807, 2.05) is 59.6 Å². The number of anilines is 1. The highest BCUT2D eigenvalue weighted by atomic mass is 35.5. The number of nitrogens with one attached hydrogen (secondary N) is 1. The second-order valence-electron chi connectivity index (χ2n) is 8.30. The van der Waals surface area contributed by atoms with Gasteiger partial charge in [-0.05, 0) is 37.1 Å². The summed E-state index contributed by atoms with van der Waals surface area (Å²) in [6.45, 7) is 1.69. The monoisotopic (exact) mass is 461 g/mol. The highest BCUT2D eigenvalue weighted by molar-refractivity contribution is 6.30. The van der Waals surface area contributed by atoms with Crippen molar-refractivity contribution in [3.8, 4) is 17.3 Å². The van der Waals surface area contributed by atoms with Gasteiger partial charge >= 0.3 is 0 Å². The van der Waals surface area contributed by atoms with Crippen LogP contribution in [0.1, 0.15) is 41.3 Å². The van der Waals surface area contributed by atoms with Crippen LogP contribution in [0.5, 0.6) is 0 Å². The van der Waals surface area contributed by atoms with Crippen LogP contribution in [0.4, 0.5) is 5.69 Å². The molecule has 1 amide bonds. The third-order valence-corrected chi connectivity index (χ3v) is 6.35. The van der Waals surface area contributed by atoms with Crippen molar-refractivity contribution in [2.24, 2.45) is 0 Å². The van der Waals surface area contributed by atoms with E-state index in [-0.39, 0.29) is 12.0 Å². The van der Waals surface area contributed by atoms with Crippen LogP contribution in [-0.4, -0.2) is 39.8 Å². The number of carbonyl (C=O) groups excluding carboxylic acids is 1. The second kappa shape index (κ2) is 9.26. The largest absolute Gasteiger partial charge is 0.376 e. The number of carbonyl (C=O) groups is 1. The van der Waals surface area contributed by atoms with Crippen molar-refractivity contribution in [3.05, 3.63) is 70.9 Å². The standard InChI is InChI=1S/C25H24ClN5O2/c26-18-10-8-17(9-11-18)23-21(16-30(29-23)13-4-12-27)24-28-22-7-2-1-6-20(22)25(32)31(24)15-19-5-3-14-33-19/h1-2,6-11,16,19,24,28H,3-5,13-15H2. The lowest BCUT2D eigenvalue weighted by atomic mass is 10.0. The molecule has 33 heavy (non-hydrogen) atoms. The number of hydrogen-bond acceptors (Lipinski definition) is 5. The fourth-order valence-corrected chi connectivity index (χ4v) is 4.61. The molecule has 2 atom stereocenters. The Morgan fingerprint density at radius 3 is 2.79 bits per heavy atom. The zero-order valence-corrected chi connectivity index (χ0v) is 18.8. The van der Waals surface area contributed by atoms with Gasteiger partial charge in [0, 0.05) is 41.2 Å². The molecule has 7 nitrogen and oxygen atoms in total. The number of aromatic nitrogens is 2. The van der Waals surface area contributed by atoms with Crippen LogP contribution in [-0.2, 0) is 11.3 Å². The summed E-state index contributed by atoms with van der Waals surface area (Å²) in [5.74, 6) is -0.0309. The number of nitriles is 1. The number of aryl methyl sites for hydroxylation is 1. The number of halogens is 1. The Morgan fingerprint density at radius 1 is 1.21 bits per heavy atom. The van der Waals surface area contributed by atoms with Crippen molar-refractivity contribution < 1.29 is 9.53 Å². The van der Waals surface area contributed by atoms with Gasteiger partial charge in [0.25, 0.3) is 5.91 Å². The molecule has 0 saturated carbocycles. The molecule has 3 heterocycles. The number of para-hydroxylation sites is 1. The van der Waals surface area contributed by atoms with Gasteiger partial charge in [-0.3, -0.25) is 9.48 Å². The van der Waals surface area contributed by atoms with E-state index >= 15 is 0 Å². The molecule has 5 rings (SSSR count). The van der Waals surface area contributed by atoms with E-state index in [0.717, 1.165) is 42.0 Å². The lowest BCUT2D eigenvalue weighted by Crippen LogP contribution is -2.46. The molecule has 1 N–H and O–H groups in total. The van der Waals surface area contributed by atoms with Crippen LogP contribution < -0.4 is 5.32 Å². The third-order valence-electron chi connectivity index (χ3n) is 6.10. The summed E-state index contributed by atoms with van der Waals surface area (Å²) in [6, 6.07) is 17.2. The highest BCUT2D eigenvalue weighted by Gasteiger charge is 2.37. The number of hydrogen-bond donors (Lipinski definition) is 1. The van der Waals surface area contributed by atoms with Crippen molar-refractivity contribution in [2.45, 2.75) is 38.1 Å². The molecule has 2 unspecified atom stereocenters. The van der Waals surface area contributed by atoms with Gasteiger partial charge in [-0.15, -0.1) is 0 Å². The molecular weight excluding hydrogens is 438 g/mol. The number of fused-ring (bicyclic) bond motifs is 1. The Balaban J connectivity index is 1.59. The minimum absolute atomic E-state index is 0.0103. The Hall–Kier alpha value is -3.34. The van der Waals surface area contributed by atoms with Gasteiger partial charge in [-0.2, -0.15) is 10.4 Å². The van der Waals surface area contributed by atoms with E-state index < -0.39 is 6.17 Å². The van der Waals surface area contributed by atoms with Crippen LogP contribution in [0.15, 0.2) is 54.7 Å². The molecule has 0 aliphatic carbocycles. The SMILES string of the molecule is N#CCCn1cc(C2Nc3ccccc3C(=O)N2CC2CCCO2)c(-c2ccc(Cl)cc2)n1. The van der Waals surface area contributed by atoms with E-state index in [1.54, 1.807) is 4.68 Å². The molecule has 1 aromatic heterocycles. The van der Waals surface area contributed by atoms with Crippen molar-refractivity contribution in [1.29, 1.82) is 5.26 Å². The van der Waals surface area contributed by atoms with Crippen LogP contribution in [0, 0.1) is 11.3 Å². The van der Waals surface area contributed by atoms with Crippen LogP contribution in [0.2, 0.25) is 5.02 Å². The predicted molar refractivity (Wildman–Crippen MR) is 126 cm³/mol. The number of amides is 1. The first kappa shape index (κ1) is 21.5. The Morgan fingerprint density at radius 2 is 2.03 bits per heavy atom. The van der Waals surface area contributed by atoms with Gasteiger partial charge in [0.05, 0.1) is 36.4 Å². The smallest absolute Gasteiger partial charge is 0.257 e. The fourth-order valence-electron chi connectivity index (χ4n) is 4.48. The second-order valence-corrected chi connectivity index (χ2v) is 8.73. The first-order chi connectivity index (χ1) is 16.1. The summed E-state index contributed by atoms with van der Waals surface area (Å²) in [7, 11) is 0. The van der Waals surface area contributed by atoms with Crippen molar-refractivity contribution in [1.82, 2.24) is 14.7 Å². The van der Waals surface area contributed by atoms with Gasteiger partial charge in [-0.25, -0.2) is 0 Å². The summed E-state index contributed by atoms with van der Waals surface area (Å²) in [4.78, 5) is 15.5. The molecule has 0 spiro atoms. The molecule has 2 aliphatic rings. The molecule has 1 saturated heterocycles. The molecule has 0 bridgehead atoms. The Bertz CT molecular complexity index is 1190. The quantitative estimate of drug-likeness (QED) is 0.566. The van der Waals surface area contributed by atoms with Crippen LogP contribution >= 0.6 is 11.6 Å². The summed E-state index contributed by atoms with van der Waals surface area (Å²) in [6.07, 6.45) is 3.81. The molecule has 8 heteroatoms. The zero-order chi connectivity index (χ0) is 22.8. The van der Waals surface area contributed by atoms with E-state index in [1.165, 1.54) is 0 Å². The first-order valence-electron chi connectivity index (χ1n) is 11.1. The van der Waals surface area contributed by atoms with Gasteiger partial charge in [-0.1, -0.05) is 35.9 Å². The molecule has 1 fully saturated rings. The molecular formula is C25H24ClN5O2. The summed E-state index contributed by atoms with van der Waals surface area (Å²) in [5.41, 5.74) is 3.97. The number of rotatable bonds is 6. The summed E-state index contributed by atoms with van der Waals surface area (Å²) < 4.78 is 7.65. The van der Waals surface area contributed by atoms with Gasteiger partial charge in [0.15, 0.2) is 0 Å². The highest BCUT2D eigenvalue weighted by Crippen LogP contribution is 2.38. The number of benzene rings is 2. The molecule has 0 radical (unpaired) electrons.